The number of hydrogen-bond donors (Lipinski definition) is 0. The largest absolute Gasteiger partial charge is 0.299 e. The number of ketones is 1. The zero-order valence-corrected chi connectivity index (χ0v) is 5.34. The Labute approximate surface area is 54.8 Å². The van der Waals surface area contributed by atoms with Crippen molar-refractivity contribution in [1.82, 2.24) is 0 Å². The third kappa shape index (κ3) is 0.640. The molecular weight excluding hydrogens is 112 g/mol. The van der Waals surface area contributed by atoms with Crippen molar-refractivity contribution in [3.8, 4) is 0 Å². The van der Waals surface area contributed by atoms with Crippen LogP contribution in [0.25, 0.3) is 0 Å². The van der Waals surface area contributed by atoms with Crippen molar-refractivity contribution in [2.45, 2.75) is 19.3 Å². The fraction of sp³-hybridized carbons (Fsp3) is 0.625. The summed E-state index contributed by atoms with van der Waals surface area (Å²) in [6.07, 6.45) is 7.35. The van der Waals surface area contributed by atoms with Gasteiger partial charge in [0.25, 0.3) is 0 Å². The molecule has 48 valence electrons. The molecule has 1 saturated carbocycles. The van der Waals surface area contributed by atoms with E-state index in [4.69, 9.17) is 0 Å². The van der Waals surface area contributed by atoms with Gasteiger partial charge in [-0.2, -0.15) is 0 Å². The third-order valence-corrected chi connectivity index (χ3v) is 2.42. The number of carbonyl (C=O) groups is 1. The summed E-state index contributed by atoms with van der Waals surface area (Å²) in [7, 11) is 0. The maximum Gasteiger partial charge on any atom is 0.140 e. The van der Waals surface area contributed by atoms with Crippen LogP contribution in [0.4, 0.5) is 0 Å². The molecule has 2 unspecified atom stereocenters. The monoisotopic (exact) mass is 122 g/mol. The van der Waals surface area contributed by atoms with Crippen molar-refractivity contribution in [2.24, 2.45) is 11.8 Å². The molecule has 2 aliphatic rings. The summed E-state index contributed by atoms with van der Waals surface area (Å²) in [6, 6.07) is 0. The molecule has 0 aromatic rings. The molecule has 1 heteroatoms. The first kappa shape index (κ1) is 5.21. The minimum atomic E-state index is 0.324. The molecule has 2 aliphatic carbocycles. The molecule has 0 heterocycles. The minimum Gasteiger partial charge on any atom is -0.299 e. The van der Waals surface area contributed by atoms with Crippen LogP contribution in [0.3, 0.4) is 0 Å². The molecule has 1 fully saturated rings. The van der Waals surface area contributed by atoms with Gasteiger partial charge in [0.1, 0.15) is 5.78 Å². The van der Waals surface area contributed by atoms with E-state index in [1.54, 1.807) is 0 Å². The summed E-state index contributed by atoms with van der Waals surface area (Å²) in [4.78, 5) is 11.0. The lowest BCUT2D eigenvalue weighted by atomic mass is 10.00. The summed E-state index contributed by atoms with van der Waals surface area (Å²) in [5.74, 6) is 1.48. The fourth-order valence-electron chi connectivity index (χ4n) is 1.87. The number of hydrogen-bond acceptors (Lipinski definition) is 1. The molecular formula is C8H10O. The van der Waals surface area contributed by atoms with Crippen molar-refractivity contribution in [3.05, 3.63) is 12.2 Å². The summed E-state index contributed by atoms with van der Waals surface area (Å²) >= 11 is 0. The van der Waals surface area contributed by atoms with E-state index in [9.17, 15) is 4.79 Å². The van der Waals surface area contributed by atoms with Gasteiger partial charge >= 0.3 is 0 Å². The average Bonchev–Trinajstić information content (AvgIpc) is 2.35. The van der Waals surface area contributed by atoms with E-state index in [0.717, 1.165) is 19.3 Å². The Balaban J connectivity index is 2.24. The Bertz CT molecular complexity index is 169. The molecule has 0 aromatic heterocycles. The highest BCUT2D eigenvalue weighted by molar-refractivity contribution is 5.85. The van der Waals surface area contributed by atoms with Gasteiger partial charge in [-0.05, 0) is 18.8 Å². The van der Waals surface area contributed by atoms with E-state index in [-0.39, 0.29) is 0 Å². The molecule has 0 aliphatic heterocycles. The van der Waals surface area contributed by atoms with Gasteiger partial charge in [-0.25, -0.2) is 0 Å². The van der Waals surface area contributed by atoms with Gasteiger partial charge in [-0.3, -0.25) is 4.79 Å². The Hall–Kier alpha value is -0.590. The standard InChI is InChI=1S/C8H10O/c9-8-5-4-6-2-1-3-7(6)8/h1,3,6-7H,2,4-5H2. The number of fused-ring (bicyclic) bond motifs is 1. The van der Waals surface area contributed by atoms with Crippen LogP contribution < -0.4 is 0 Å². The maximum atomic E-state index is 11.0. The zero-order valence-electron chi connectivity index (χ0n) is 5.34. The maximum absolute atomic E-state index is 11.0. The highest BCUT2D eigenvalue weighted by atomic mass is 16.1. The summed E-state index contributed by atoms with van der Waals surface area (Å²) < 4.78 is 0. The van der Waals surface area contributed by atoms with Crippen LogP contribution in [0.2, 0.25) is 0 Å². The molecule has 0 radical (unpaired) electrons. The number of allylic oxidation sites excluding steroid dienone is 2. The molecule has 0 aromatic carbocycles. The van der Waals surface area contributed by atoms with Gasteiger partial charge in [0.05, 0.1) is 0 Å². The van der Waals surface area contributed by atoms with Gasteiger partial charge < -0.3 is 0 Å². The first-order valence-corrected chi connectivity index (χ1v) is 3.57. The van der Waals surface area contributed by atoms with Crippen LogP contribution >= 0.6 is 0 Å². The molecule has 0 spiro atoms. The summed E-state index contributed by atoms with van der Waals surface area (Å²) in [5, 5.41) is 0. The van der Waals surface area contributed by atoms with Crippen LogP contribution in [0.1, 0.15) is 19.3 Å². The second kappa shape index (κ2) is 1.69. The number of Topliss-reactive ketones (excluding diaryl/α,β-unsaturated/α-hetero) is 1. The smallest absolute Gasteiger partial charge is 0.140 e. The summed E-state index contributed by atoms with van der Waals surface area (Å²) in [5.41, 5.74) is 0. The van der Waals surface area contributed by atoms with Crippen molar-refractivity contribution in [2.75, 3.05) is 0 Å². The number of rotatable bonds is 0. The molecule has 2 rings (SSSR count). The second-order valence-corrected chi connectivity index (χ2v) is 2.95. The summed E-state index contributed by atoms with van der Waals surface area (Å²) in [6.45, 7) is 0. The lowest BCUT2D eigenvalue weighted by Crippen LogP contribution is -2.06. The Morgan fingerprint density at radius 1 is 1.56 bits per heavy atom. The Morgan fingerprint density at radius 3 is 3.22 bits per heavy atom. The molecule has 0 N–H and O–H groups in total. The lowest BCUT2D eigenvalue weighted by molar-refractivity contribution is -0.119. The van der Waals surface area contributed by atoms with E-state index in [2.05, 4.69) is 12.2 Å². The van der Waals surface area contributed by atoms with Crippen LogP contribution in [0, 0.1) is 11.8 Å². The first-order valence-electron chi connectivity index (χ1n) is 3.57. The van der Waals surface area contributed by atoms with Crippen molar-refractivity contribution >= 4 is 5.78 Å². The van der Waals surface area contributed by atoms with E-state index in [1.165, 1.54) is 0 Å². The molecule has 1 nitrogen and oxygen atoms in total. The van der Waals surface area contributed by atoms with Crippen LogP contribution in [0.5, 0.6) is 0 Å². The Kier molecular flexibility index (Phi) is 0.981. The highest BCUT2D eigenvalue weighted by Crippen LogP contribution is 2.36. The van der Waals surface area contributed by atoms with Gasteiger partial charge in [-0.15, -0.1) is 0 Å². The second-order valence-electron chi connectivity index (χ2n) is 2.95. The number of carbonyl (C=O) groups excluding carboxylic acids is 1. The van der Waals surface area contributed by atoms with Crippen molar-refractivity contribution < 1.29 is 4.79 Å². The predicted molar refractivity (Wildman–Crippen MR) is 35.0 cm³/mol. The Morgan fingerprint density at radius 2 is 2.44 bits per heavy atom. The first-order chi connectivity index (χ1) is 4.38. The fourth-order valence-corrected chi connectivity index (χ4v) is 1.87. The molecule has 9 heavy (non-hydrogen) atoms. The third-order valence-electron chi connectivity index (χ3n) is 2.42. The van der Waals surface area contributed by atoms with Gasteiger partial charge in [0.15, 0.2) is 0 Å². The molecule has 0 bridgehead atoms. The quantitative estimate of drug-likeness (QED) is 0.445. The van der Waals surface area contributed by atoms with Gasteiger partial charge in [-0.1, -0.05) is 12.2 Å². The SMILES string of the molecule is O=C1CCC2CC=CC12. The van der Waals surface area contributed by atoms with E-state index in [0.29, 0.717) is 17.6 Å². The van der Waals surface area contributed by atoms with E-state index in [1.807, 2.05) is 0 Å². The van der Waals surface area contributed by atoms with Crippen LogP contribution in [-0.2, 0) is 4.79 Å². The van der Waals surface area contributed by atoms with Crippen molar-refractivity contribution in [1.29, 1.82) is 0 Å². The van der Waals surface area contributed by atoms with Crippen LogP contribution in [0.15, 0.2) is 12.2 Å². The van der Waals surface area contributed by atoms with Gasteiger partial charge in [0.2, 0.25) is 0 Å². The predicted octanol–water partition coefficient (Wildman–Crippen LogP) is 1.54. The van der Waals surface area contributed by atoms with Crippen LogP contribution in [-0.4, -0.2) is 5.78 Å². The van der Waals surface area contributed by atoms with E-state index < -0.39 is 0 Å². The van der Waals surface area contributed by atoms with E-state index >= 15 is 0 Å². The molecule has 2 atom stereocenters. The van der Waals surface area contributed by atoms with Crippen molar-refractivity contribution in [3.63, 3.8) is 0 Å². The topological polar surface area (TPSA) is 17.1 Å². The normalized spacial score (nSPS) is 39.8. The lowest BCUT2D eigenvalue weighted by Gasteiger charge is -2.03. The molecule has 0 saturated heterocycles. The zero-order chi connectivity index (χ0) is 6.27. The highest BCUT2D eigenvalue weighted by Gasteiger charge is 2.34. The molecule has 0 amide bonds. The average molecular weight is 122 g/mol. The minimum absolute atomic E-state index is 0.324. The van der Waals surface area contributed by atoms with Gasteiger partial charge in [0, 0.05) is 12.3 Å².